The molecule has 3 heteroatoms. The second-order valence-electron chi connectivity index (χ2n) is 14.7. The Morgan fingerprint density at radius 2 is 1.09 bits per heavy atom. The summed E-state index contributed by atoms with van der Waals surface area (Å²) in [5.41, 5.74) is 17.1. The number of benzene rings is 7. The first-order valence-electron chi connectivity index (χ1n) is 18.4. The molecule has 0 saturated carbocycles. The third kappa shape index (κ3) is 4.92. The number of fused-ring (bicyclic) bond motifs is 7. The number of aromatic nitrogens is 2. The van der Waals surface area contributed by atoms with Crippen LogP contribution in [0.5, 0.6) is 0 Å². The maximum atomic E-state index is 10.3. The topological polar surface area (TPSA) is 41.6 Å². The zero-order chi connectivity index (χ0) is 36.4. The van der Waals surface area contributed by atoms with Crippen molar-refractivity contribution in [2.45, 2.75) is 19.3 Å². The van der Waals surface area contributed by atoms with Gasteiger partial charge in [0.2, 0.25) is 0 Å². The van der Waals surface area contributed by atoms with E-state index in [1.165, 1.54) is 38.5 Å². The Labute approximate surface area is 315 Å². The molecule has 0 amide bonds. The van der Waals surface area contributed by atoms with E-state index in [0.717, 1.165) is 56.0 Å². The molecule has 10 rings (SSSR count). The van der Waals surface area contributed by atoms with Crippen LogP contribution in [0.3, 0.4) is 0 Å². The molecule has 0 aliphatic heterocycles. The van der Waals surface area contributed by atoms with Crippen LogP contribution in [0.1, 0.15) is 30.5 Å². The Morgan fingerprint density at radius 1 is 0.500 bits per heavy atom. The molecule has 0 unspecified atom stereocenters. The van der Waals surface area contributed by atoms with Crippen molar-refractivity contribution in [3.8, 4) is 67.7 Å². The SMILES string of the molecule is CC1(C)c2ccccc2-c2c1ccc1c3ccccc3n(-c3cc(-c4cc(-c5ccccc5)nc(-c5ccccc5)c4)cc(-c4ccccc4C#N)c3)c21. The first-order valence-corrected chi connectivity index (χ1v) is 18.4. The van der Waals surface area contributed by atoms with E-state index in [4.69, 9.17) is 4.98 Å². The zero-order valence-corrected chi connectivity index (χ0v) is 30.1. The first-order chi connectivity index (χ1) is 26.5. The molecule has 0 saturated heterocycles. The molecule has 0 spiro atoms. The van der Waals surface area contributed by atoms with E-state index in [-0.39, 0.29) is 5.41 Å². The maximum Gasteiger partial charge on any atom is 0.0998 e. The Kier molecular flexibility index (Phi) is 7.22. The van der Waals surface area contributed by atoms with Crippen LogP contribution in [0.2, 0.25) is 0 Å². The average Bonchev–Trinajstić information content (AvgIpc) is 3.69. The highest BCUT2D eigenvalue weighted by atomic mass is 15.0. The highest BCUT2D eigenvalue weighted by Gasteiger charge is 2.37. The normalized spacial score (nSPS) is 12.8. The van der Waals surface area contributed by atoms with Crippen LogP contribution in [0.4, 0.5) is 0 Å². The molecule has 0 N–H and O–H groups in total. The molecular weight excluding hydrogens is 655 g/mol. The smallest absolute Gasteiger partial charge is 0.0998 e. The van der Waals surface area contributed by atoms with Crippen LogP contribution in [0.15, 0.2) is 176 Å². The summed E-state index contributed by atoms with van der Waals surface area (Å²) in [4.78, 5) is 5.19. The summed E-state index contributed by atoms with van der Waals surface area (Å²) < 4.78 is 2.46. The minimum absolute atomic E-state index is 0.140. The van der Waals surface area contributed by atoms with Gasteiger partial charge < -0.3 is 4.57 Å². The second-order valence-corrected chi connectivity index (χ2v) is 14.7. The summed E-state index contributed by atoms with van der Waals surface area (Å²) in [5, 5.41) is 12.7. The summed E-state index contributed by atoms with van der Waals surface area (Å²) in [7, 11) is 0. The predicted octanol–water partition coefficient (Wildman–Crippen LogP) is 13.0. The summed E-state index contributed by atoms with van der Waals surface area (Å²) in [5.74, 6) is 0. The van der Waals surface area contributed by atoms with Crippen LogP contribution in [-0.2, 0) is 5.41 Å². The first kappa shape index (κ1) is 31.7. The number of nitriles is 1. The number of para-hydroxylation sites is 1. The molecule has 2 aromatic heterocycles. The lowest BCUT2D eigenvalue weighted by Gasteiger charge is -2.21. The average molecular weight is 690 g/mol. The lowest BCUT2D eigenvalue weighted by atomic mass is 9.82. The molecule has 0 atom stereocenters. The maximum absolute atomic E-state index is 10.3. The van der Waals surface area contributed by atoms with E-state index in [0.29, 0.717) is 5.56 Å². The van der Waals surface area contributed by atoms with Gasteiger partial charge in [0.25, 0.3) is 0 Å². The Morgan fingerprint density at radius 3 is 1.81 bits per heavy atom. The largest absolute Gasteiger partial charge is 0.309 e. The van der Waals surface area contributed by atoms with Crippen LogP contribution in [0, 0.1) is 11.3 Å². The Bertz CT molecular complexity index is 2900. The standard InChI is InChI=1S/C51H35N3/c1-51(2)44-23-13-11-22-43(44)49-45(51)26-25-42-41-21-12-14-24-48(41)54(50(42)49)39-28-36(27-38(29-39)40-20-10-9-19-35(40)32-52)37-30-46(33-15-5-3-6-16-33)53-47(31-37)34-17-7-4-8-18-34/h3-31H,1-2H3. The van der Waals surface area contributed by atoms with E-state index < -0.39 is 0 Å². The molecule has 0 fully saturated rings. The molecule has 9 aromatic rings. The van der Waals surface area contributed by atoms with E-state index in [9.17, 15) is 5.26 Å². The van der Waals surface area contributed by atoms with E-state index in [1.807, 2.05) is 30.3 Å². The van der Waals surface area contributed by atoms with E-state index >= 15 is 0 Å². The lowest BCUT2D eigenvalue weighted by Crippen LogP contribution is -2.14. The number of hydrogen-bond donors (Lipinski definition) is 0. The van der Waals surface area contributed by atoms with Crippen molar-refractivity contribution in [1.29, 1.82) is 5.26 Å². The van der Waals surface area contributed by atoms with Crippen molar-refractivity contribution in [2.75, 3.05) is 0 Å². The summed E-state index contributed by atoms with van der Waals surface area (Å²) >= 11 is 0. The molecular formula is C51H35N3. The molecule has 7 aromatic carbocycles. The summed E-state index contributed by atoms with van der Waals surface area (Å²) in [6.07, 6.45) is 0. The monoisotopic (exact) mass is 689 g/mol. The fraction of sp³-hybridized carbons (Fsp3) is 0.0588. The molecule has 3 nitrogen and oxygen atoms in total. The van der Waals surface area contributed by atoms with Crippen LogP contribution >= 0.6 is 0 Å². The van der Waals surface area contributed by atoms with Gasteiger partial charge in [0, 0.05) is 38.6 Å². The quantitative estimate of drug-likeness (QED) is 0.180. The summed E-state index contributed by atoms with van der Waals surface area (Å²) in [6, 6.07) is 64.6. The van der Waals surface area contributed by atoms with Crippen molar-refractivity contribution >= 4 is 21.8 Å². The van der Waals surface area contributed by atoms with Gasteiger partial charge in [-0.25, -0.2) is 4.98 Å². The van der Waals surface area contributed by atoms with Crippen molar-refractivity contribution in [3.63, 3.8) is 0 Å². The van der Waals surface area contributed by atoms with Gasteiger partial charge in [0.15, 0.2) is 0 Å². The van der Waals surface area contributed by atoms with E-state index in [2.05, 4.69) is 170 Å². The van der Waals surface area contributed by atoms with Crippen molar-refractivity contribution < 1.29 is 0 Å². The van der Waals surface area contributed by atoms with Gasteiger partial charge in [-0.2, -0.15) is 5.26 Å². The fourth-order valence-electron chi connectivity index (χ4n) is 8.62. The third-order valence-electron chi connectivity index (χ3n) is 11.2. The van der Waals surface area contributed by atoms with E-state index in [1.54, 1.807) is 0 Å². The molecule has 2 heterocycles. The molecule has 54 heavy (non-hydrogen) atoms. The van der Waals surface area contributed by atoms with Gasteiger partial charge >= 0.3 is 0 Å². The second kappa shape index (κ2) is 12.3. The Balaban J connectivity index is 1.32. The van der Waals surface area contributed by atoms with Gasteiger partial charge in [-0.15, -0.1) is 0 Å². The minimum atomic E-state index is -0.140. The fourth-order valence-corrected chi connectivity index (χ4v) is 8.62. The van der Waals surface area contributed by atoms with Gasteiger partial charge in [-0.1, -0.05) is 147 Å². The van der Waals surface area contributed by atoms with Gasteiger partial charge in [-0.05, 0) is 81.4 Å². The molecule has 1 aliphatic rings. The molecule has 0 radical (unpaired) electrons. The number of rotatable bonds is 5. The van der Waals surface area contributed by atoms with Crippen LogP contribution in [0.25, 0.3) is 83.4 Å². The van der Waals surface area contributed by atoms with Gasteiger partial charge in [-0.3, -0.25) is 0 Å². The highest BCUT2D eigenvalue weighted by Crippen LogP contribution is 2.53. The summed E-state index contributed by atoms with van der Waals surface area (Å²) in [6.45, 7) is 4.68. The third-order valence-corrected chi connectivity index (χ3v) is 11.2. The van der Waals surface area contributed by atoms with Crippen LogP contribution < -0.4 is 0 Å². The number of pyridine rings is 1. The lowest BCUT2D eigenvalue weighted by molar-refractivity contribution is 0.661. The molecule has 1 aliphatic carbocycles. The van der Waals surface area contributed by atoms with Crippen LogP contribution in [-0.4, -0.2) is 9.55 Å². The number of hydrogen-bond acceptors (Lipinski definition) is 2. The van der Waals surface area contributed by atoms with Crippen molar-refractivity contribution in [2.24, 2.45) is 0 Å². The Hall–Kier alpha value is -7.02. The van der Waals surface area contributed by atoms with Crippen molar-refractivity contribution in [1.82, 2.24) is 9.55 Å². The van der Waals surface area contributed by atoms with Crippen molar-refractivity contribution in [3.05, 3.63) is 193 Å². The molecule has 0 bridgehead atoms. The predicted molar refractivity (Wildman–Crippen MR) is 223 cm³/mol. The zero-order valence-electron chi connectivity index (χ0n) is 30.1. The minimum Gasteiger partial charge on any atom is -0.309 e. The van der Waals surface area contributed by atoms with Gasteiger partial charge in [0.1, 0.15) is 0 Å². The number of nitrogens with zero attached hydrogens (tertiary/aromatic N) is 3. The highest BCUT2D eigenvalue weighted by molar-refractivity contribution is 6.15. The van der Waals surface area contributed by atoms with Gasteiger partial charge in [0.05, 0.1) is 34.1 Å². The molecule has 254 valence electrons.